The van der Waals surface area contributed by atoms with E-state index in [0.717, 1.165) is 24.3 Å². The molecule has 0 aromatic heterocycles. The summed E-state index contributed by atoms with van der Waals surface area (Å²) in [5.74, 6) is -0.852. The summed E-state index contributed by atoms with van der Waals surface area (Å²) >= 11 is 6.55. The van der Waals surface area contributed by atoms with Gasteiger partial charge in [0.05, 0.1) is 22.2 Å². The first kappa shape index (κ1) is 26.9. The molecule has 0 unspecified atom stereocenters. The molecule has 3 rings (SSSR count). The number of carbonyl (C=O) groups is 1. The van der Waals surface area contributed by atoms with Crippen molar-refractivity contribution in [3.05, 3.63) is 90.9 Å². The average molecular weight is 637 g/mol. The molecule has 36 heavy (non-hydrogen) atoms. The van der Waals surface area contributed by atoms with E-state index >= 15 is 0 Å². The number of carbonyl (C=O) groups excluding carboxylic acids is 1. The van der Waals surface area contributed by atoms with Gasteiger partial charge in [0.1, 0.15) is 16.5 Å². The van der Waals surface area contributed by atoms with E-state index in [1.54, 1.807) is 24.3 Å². The molecule has 3 aromatic carbocycles. The van der Waals surface area contributed by atoms with Gasteiger partial charge in [0.2, 0.25) is 0 Å². The second-order valence-corrected chi connectivity index (χ2v) is 10.2. The van der Waals surface area contributed by atoms with Gasteiger partial charge in [-0.25, -0.2) is 0 Å². The van der Waals surface area contributed by atoms with Gasteiger partial charge in [-0.1, -0.05) is 12.1 Å². The van der Waals surface area contributed by atoms with Gasteiger partial charge < -0.3 is 14.2 Å². The lowest BCUT2D eigenvalue weighted by molar-refractivity contribution is -0.384. The van der Waals surface area contributed by atoms with E-state index in [-0.39, 0.29) is 32.1 Å². The number of nitro benzene ring substituents is 1. The zero-order valence-corrected chi connectivity index (χ0v) is 22.3. The van der Waals surface area contributed by atoms with Gasteiger partial charge in [0.25, 0.3) is 11.6 Å². The SMILES string of the molecule is COc1cc(/C=C(\C#N)C(=O)Nc2ccccc2Br)cc(Br)c1OS(=O)(=O)c1ccc([N+](=O)[O-])cc1. The number of methoxy groups -OCH3 is 1. The third-order valence-corrected chi connectivity index (χ3v) is 7.10. The van der Waals surface area contributed by atoms with Crippen LogP contribution < -0.4 is 14.2 Å². The van der Waals surface area contributed by atoms with Crippen LogP contribution in [0.15, 0.2) is 80.1 Å². The predicted octanol–water partition coefficient (Wildman–Crippen LogP) is 5.44. The lowest BCUT2D eigenvalue weighted by Crippen LogP contribution is -2.13. The van der Waals surface area contributed by atoms with Crippen molar-refractivity contribution in [1.82, 2.24) is 0 Å². The number of halogens is 2. The first-order valence-corrected chi connectivity index (χ1v) is 12.8. The Labute approximate surface area is 222 Å². The van der Waals surface area contributed by atoms with E-state index in [1.165, 1.54) is 25.3 Å². The van der Waals surface area contributed by atoms with Crippen LogP contribution in [-0.4, -0.2) is 26.4 Å². The fourth-order valence-corrected chi connectivity index (χ4v) is 4.85. The quantitative estimate of drug-likeness (QED) is 0.113. The number of ether oxygens (including phenoxy) is 1. The van der Waals surface area contributed by atoms with Gasteiger partial charge in [0, 0.05) is 16.6 Å². The number of benzene rings is 3. The third kappa shape index (κ3) is 6.28. The number of nitro groups is 1. The van der Waals surface area contributed by atoms with Crippen molar-refractivity contribution >= 4 is 65.3 Å². The minimum Gasteiger partial charge on any atom is -0.493 e. The maximum Gasteiger partial charge on any atom is 0.339 e. The minimum atomic E-state index is -4.37. The van der Waals surface area contributed by atoms with Gasteiger partial charge >= 0.3 is 10.1 Å². The number of nitrogens with one attached hydrogen (secondary N) is 1. The van der Waals surface area contributed by atoms with Crippen LogP contribution in [0.4, 0.5) is 11.4 Å². The molecule has 184 valence electrons. The highest BCUT2D eigenvalue weighted by Gasteiger charge is 2.23. The summed E-state index contributed by atoms with van der Waals surface area (Å²) in [4.78, 5) is 22.5. The molecular formula is C23H15Br2N3O7S. The molecule has 0 saturated carbocycles. The van der Waals surface area contributed by atoms with Crippen molar-refractivity contribution in [2.75, 3.05) is 12.4 Å². The van der Waals surface area contributed by atoms with Gasteiger partial charge in [-0.05, 0) is 79.9 Å². The highest BCUT2D eigenvalue weighted by Crippen LogP contribution is 2.39. The monoisotopic (exact) mass is 635 g/mol. The molecule has 10 nitrogen and oxygen atoms in total. The number of rotatable bonds is 8. The molecule has 0 heterocycles. The molecule has 0 aliphatic rings. The molecule has 13 heteroatoms. The zero-order chi connectivity index (χ0) is 26.5. The molecule has 1 N–H and O–H groups in total. The van der Waals surface area contributed by atoms with Gasteiger partial charge in [-0.2, -0.15) is 13.7 Å². The maximum atomic E-state index is 12.7. The van der Waals surface area contributed by atoms with Crippen LogP contribution in [0.3, 0.4) is 0 Å². The molecule has 3 aromatic rings. The van der Waals surface area contributed by atoms with Crippen LogP contribution in [0, 0.1) is 21.4 Å². The van der Waals surface area contributed by atoms with Gasteiger partial charge in [0.15, 0.2) is 11.5 Å². The molecule has 0 aliphatic heterocycles. The lowest BCUT2D eigenvalue weighted by Gasteiger charge is -2.13. The van der Waals surface area contributed by atoms with Crippen LogP contribution >= 0.6 is 31.9 Å². The van der Waals surface area contributed by atoms with Gasteiger partial charge in [-0.3, -0.25) is 14.9 Å². The lowest BCUT2D eigenvalue weighted by atomic mass is 10.1. The first-order chi connectivity index (χ1) is 17.1. The van der Waals surface area contributed by atoms with Crippen molar-refractivity contribution in [2.24, 2.45) is 0 Å². The summed E-state index contributed by atoms with van der Waals surface area (Å²) in [5.41, 5.74) is 0.327. The second kappa shape index (κ2) is 11.3. The van der Waals surface area contributed by atoms with Crippen molar-refractivity contribution in [3.8, 4) is 17.6 Å². The molecule has 0 fully saturated rings. The fraction of sp³-hybridized carbons (Fsp3) is 0.0435. The normalized spacial score (nSPS) is 11.3. The Balaban J connectivity index is 1.91. The summed E-state index contributed by atoms with van der Waals surface area (Å²) in [5, 5.41) is 22.9. The summed E-state index contributed by atoms with van der Waals surface area (Å²) < 4.78 is 36.7. The standard InChI is InChI=1S/C23H15Br2N3O7S/c1-34-21-12-14(10-15(13-26)23(29)27-20-5-3-2-4-18(20)24)11-19(25)22(21)35-36(32,33)17-8-6-16(7-9-17)28(30)31/h2-12H,1H3,(H,27,29)/b15-10+. The number of hydrogen-bond acceptors (Lipinski definition) is 8. The third-order valence-electron chi connectivity index (χ3n) is 4.58. The fourth-order valence-electron chi connectivity index (χ4n) is 2.86. The number of anilines is 1. The summed E-state index contributed by atoms with van der Waals surface area (Å²) in [6.07, 6.45) is 1.30. The zero-order valence-electron chi connectivity index (χ0n) is 18.3. The molecule has 0 spiro atoms. The highest BCUT2D eigenvalue weighted by atomic mass is 79.9. The van der Waals surface area contributed by atoms with Crippen LogP contribution in [0.5, 0.6) is 11.5 Å². The largest absolute Gasteiger partial charge is 0.493 e. The van der Waals surface area contributed by atoms with Crippen molar-refractivity contribution in [1.29, 1.82) is 5.26 Å². The number of para-hydroxylation sites is 1. The molecule has 0 bridgehead atoms. The Morgan fingerprint density at radius 1 is 1.11 bits per heavy atom. The molecular weight excluding hydrogens is 622 g/mol. The van der Waals surface area contributed by atoms with Crippen LogP contribution in [0.2, 0.25) is 0 Å². The van der Waals surface area contributed by atoms with Gasteiger partial charge in [-0.15, -0.1) is 0 Å². The molecule has 0 saturated heterocycles. The Morgan fingerprint density at radius 2 is 1.78 bits per heavy atom. The van der Waals surface area contributed by atoms with Crippen molar-refractivity contribution in [2.45, 2.75) is 4.90 Å². The predicted molar refractivity (Wildman–Crippen MR) is 138 cm³/mol. The second-order valence-electron chi connectivity index (χ2n) is 6.93. The maximum absolute atomic E-state index is 12.7. The Bertz CT molecular complexity index is 1520. The Hall–Kier alpha value is -3.73. The topological polar surface area (TPSA) is 149 Å². The first-order valence-electron chi connectivity index (χ1n) is 9.80. The summed E-state index contributed by atoms with van der Waals surface area (Å²) in [7, 11) is -3.09. The number of nitrogens with zero attached hydrogens (tertiary/aromatic N) is 2. The van der Waals surface area contributed by atoms with Crippen LogP contribution in [0.25, 0.3) is 6.08 Å². The Morgan fingerprint density at radius 3 is 2.36 bits per heavy atom. The highest BCUT2D eigenvalue weighted by molar-refractivity contribution is 9.11. The van der Waals surface area contributed by atoms with E-state index in [1.807, 2.05) is 6.07 Å². The van der Waals surface area contributed by atoms with Crippen LogP contribution in [-0.2, 0) is 14.9 Å². The van der Waals surface area contributed by atoms with E-state index in [9.17, 15) is 28.6 Å². The molecule has 0 radical (unpaired) electrons. The number of amides is 1. The van der Waals surface area contributed by atoms with Crippen molar-refractivity contribution in [3.63, 3.8) is 0 Å². The average Bonchev–Trinajstić information content (AvgIpc) is 2.85. The van der Waals surface area contributed by atoms with E-state index in [4.69, 9.17) is 8.92 Å². The molecule has 1 amide bonds. The van der Waals surface area contributed by atoms with E-state index in [2.05, 4.69) is 37.2 Å². The van der Waals surface area contributed by atoms with Crippen molar-refractivity contribution < 1.29 is 27.1 Å². The minimum absolute atomic E-state index is 0.00962. The summed E-state index contributed by atoms with van der Waals surface area (Å²) in [6, 6.07) is 15.7. The van der Waals surface area contributed by atoms with Crippen LogP contribution in [0.1, 0.15) is 5.56 Å². The molecule has 0 atom stereocenters. The Kier molecular flexibility index (Phi) is 8.46. The van der Waals surface area contributed by atoms with E-state index < -0.39 is 20.9 Å². The van der Waals surface area contributed by atoms with E-state index in [0.29, 0.717) is 15.7 Å². The number of hydrogen-bond donors (Lipinski definition) is 1. The number of nitriles is 1. The summed E-state index contributed by atoms with van der Waals surface area (Å²) in [6.45, 7) is 0. The number of non-ortho nitro benzene ring substituents is 1. The smallest absolute Gasteiger partial charge is 0.339 e. The molecule has 0 aliphatic carbocycles.